The lowest BCUT2D eigenvalue weighted by Gasteiger charge is -2.32. The van der Waals surface area contributed by atoms with Crippen LogP contribution < -0.4 is 0 Å². The highest BCUT2D eigenvalue weighted by atomic mass is 19.1. The molecule has 1 saturated heterocycles. The highest BCUT2D eigenvalue weighted by molar-refractivity contribution is 5.94. The van der Waals surface area contributed by atoms with E-state index in [9.17, 15) is 9.18 Å². The fraction of sp³-hybridized carbons (Fsp3) is 0.400. The van der Waals surface area contributed by atoms with Gasteiger partial charge in [0.05, 0.1) is 12.7 Å². The van der Waals surface area contributed by atoms with Gasteiger partial charge in [-0.2, -0.15) is 0 Å². The fourth-order valence-corrected chi connectivity index (χ4v) is 2.27. The van der Waals surface area contributed by atoms with Gasteiger partial charge in [-0.1, -0.05) is 12.1 Å². The van der Waals surface area contributed by atoms with E-state index in [1.807, 2.05) is 0 Å². The summed E-state index contributed by atoms with van der Waals surface area (Å²) in [5.74, 6) is -0.520. The van der Waals surface area contributed by atoms with Crippen LogP contribution in [0, 0.1) is 5.82 Å². The molecular formula is C15H18FNO2. The van der Waals surface area contributed by atoms with Gasteiger partial charge < -0.3 is 9.64 Å². The average Bonchev–Trinajstić information content (AvgIpc) is 2.44. The molecule has 102 valence electrons. The Balaban J connectivity index is 2.00. The van der Waals surface area contributed by atoms with Crippen LogP contribution in [0.3, 0.4) is 0 Å². The molecule has 0 aromatic heterocycles. The number of hydrogen-bond donors (Lipinski definition) is 0. The van der Waals surface area contributed by atoms with Crippen molar-refractivity contribution in [2.45, 2.75) is 18.9 Å². The molecule has 0 bridgehead atoms. The Morgan fingerprint density at radius 3 is 3.16 bits per heavy atom. The minimum absolute atomic E-state index is 0.0456. The van der Waals surface area contributed by atoms with E-state index in [1.54, 1.807) is 23.1 Å². The molecule has 0 aliphatic carbocycles. The normalized spacial score (nSPS) is 19.2. The van der Waals surface area contributed by atoms with E-state index < -0.39 is 0 Å². The standard InChI is InChI=1S/C15H18FNO2/c1-2-9-19-14-7-4-8-17(11-14)15(18)12-5-3-6-13(16)10-12/h2-3,5-6,10,14H,1,4,7-9,11H2/t14-/m1/s1. The van der Waals surface area contributed by atoms with Crippen molar-refractivity contribution < 1.29 is 13.9 Å². The third kappa shape index (κ3) is 3.64. The molecule has 1 aliphatic heterocycles. The number of hydrogen-bond acceptors (Lipinski definition) is 2. The van der Waals surface area contributed by atoms with Crippen molar-refractivity contribution in [3.8, 4) is 0 Å². The fourth-order valence-electron chi connectivity index (χ4n) is 2.27. The molecule has 1 fully saturated rings. The maximum Gasteiger partial charge on any atom is 0.254 e. The molecule has 1 heterocycles. The third-order valence-corrected chi connectivity index (χ3v) is 3.19. The van der Waals surface area contributed by atoms with E-state index in [0.29, 0.717) is 25.3 Å². The number of ether oxygens (including phenoxy) is 1. The molecule has 4 heteroatoms. The number of carbonyl (C=O) groups is 1. The lowest BCUT2D eigenvalue weighted by atomic mass is 10.1. The van der Waals surface area contributed by atoms with Crippen molar-refractivity contribution in [2.24, 2.45) is 0 Å². The highest BCUT2D eigenvalue weighted by Crippen LogP contribution is 2.16. The van der Waals surface area contributed by atoms with Gasteiger partial charge in [0.15, 0.2) is 0 Å². The maximum atomic E-state index is 13.1. The van der Waals surface area contributed by atoms with Gasteiger partial charge in [0.1, 0.15) is 5.82 Å². The number of benzene rings is 1. The number of nitrogens with zero attached hydrogens (tertiary/aromatic N) is 1. The molecule has 1 aromatic carbocycles. The molecule has 0 radical (unpaired) electrons. The van der Waals surface area contributed by atoms with E-state index in [0.717, 1.165) is 12.8 Å². The third-order valence-electron chi connectivity index (χ3n) is 3.19. The topological polar surface area (TPSA) is 29.5 Å². The molecule has 19 heavy (non-hydrogen) atoms. The van der Waals surface area contributed by atoms with Crippen molar-refractivity contribution in [3.63, 3.8) is 0 Å². The predicted molar refractivity (Wildman–Crippen MR) is 71.5 cm³/mol. The van der Waals surface area contributed by atoms with Gasteiger partial charge in [-0.05, 0) is 31.0 Å². The molecule has 0 spiro atoms. The largest absolute Gasteiger partial charge is 0.372 e. The summed E-state index contributed by atoms with van der Waals surface area (Å²) in [5.41, 5.74) is 0.393. The molecule has 1 atom stereocenters. The highest BCUT2D eigenvalue weighted by Gasteiger charge is 2.24. The van der Waals surface area contributed by atoms with Crippen molar-refractivity contribution in [1.29, 1.82) is 0 Å². The summed E-state index contributed by atoms with van der Waals surface area (Å²) in [5, 5.41) is 0. The van der Waals surface area contributed by atoms with Crippen LogP contribution in [0.25, 0.3) is 0 Å². The first kappa shape index (κ1) is 13.7. The first-order valence-corrected chi connectivity index (χ1v) is 6.48. The van der Waals surface area contributed by atoms with Crippen LogP contribution in [0.5, 0.6) is 0 Å². The number of halogens is 1. The van der Waals surface area contributed by atoms with Crippen LogP contribution >= 0.6 is 0 Å². The van der Waals surface area contributed by atoms with E-state index in [1.165, 1.54) is 12.1 Å². The van der Waals surface area contributed by atoms with Crippen molar-refractivity contribution in [2.75, 3.05) is 19.7 Å². The summed E-state index contributed by atoms with van der Waals surface area (Å²) < 4.78 is 18.7. The zero-order chi connectivity index (χ0) is 13.7. The summed E-state index contributed by atoms with van der Waals surface area (Å²) in [7, 11) is 0. The molecule has 0 saturated carbocycles. The first-order chi connectivity index (χ1) is 9.20. The number of piperidine rings is 1. The lowest BCUT2D eigenvalue weighted by molar-refractivity contribution is 0.0134. The van der Waals surface area contributed by atoms with Gasteiger partial charge in [0, 0.05) is 18.7 Å². The quantitative estimate of drug-likeness (QED) is 0.782. The van der Waals surface area contributed by atoms with E-state index in [4.69, 9.17) is 4.74 Å². The number of likely N-dealkylation sites (tertiary alicyclic amines) is 1. The molecule has 0 N–H and O–H groups in total. The van der Waals surface area contributed by atoms with Crippen LogP contribution in [-0.4, -0.2) is 36.6 Å². The molecule has 1 aliphatic rings. The van der Waals surface area contributed by atoms with Crippen LogP contribution in [0.4, 0.5) is 4.39 Å². The number of amides is 1. The zero-order valence-electron chi connectivity index (χ0n) is 10.8. The van der Waals surface area contributed by atoms with Gasteiger partial charge in [0.2, 0.25) is 0 Å². The number of rotatable bonds is 4. The summed E-state index contributed by atoms with van der Waals surface area (Å²) in [6, 6.07) is 5.80. The zero-order valence-corrected chi connectivity index (χ0v) is 10.8. The van der Waals surface area contributed by atoms with Crippen LogP contribution in [-0.2, 0) is 4.74 Å². The minimum atomic E-state index is -0.387. The van der Waals surface area contributed by atoms with Gasteiger partial charge in [-0.25, -0.2) is 4.39 Å². The van der Waals surface area contributed by atoms with Crippen LogP contribution in [0.15, 0.2) is 36.9 Å². The van der Waals surface area contributed by atoms with Crippen molar-refractivity contribution in [1.82, 2.24) is 4.90 Å². The van der Waals surface area contributed by atoms with E-state index in [2.05, 4.69) is 6.58 Å². The first-order valence-electron chi connectivity index (χ1n) is 6.48. The Bertz CT molecular complexity index is 461. The molecule has 3 nitrogen and oxygen atoms in total. The smallest absolute Gasteiger partial charge is 0.254 e. The van der Waals surface area contributed by atoms with Crippen LogP contribution in [0.2, 0.25) is 0 Å². The van der Waals surface area contributed by atoms with E-state index in [-0.39, 0.29) is 17.8 Å². The molecule has 1 aromatic rings. The minimum Gasteiger partial charge on any atom is -0.372 e. The second-order valence-corrected chi connectivity index (χ2v) is 4.65. The monoisotopic (exact) mass is 263 g/mol. The summed E-state index contributed by atoms with van der Waals surface area (Å²) in [6.07, 6.45) is 3.60. The lowest BCUT2D eigenvalue weighted by Crippen LogP contribution is -2.43. The van der Waals surface area contributed by atoms with Crippen LogP contribution in [0.1, 0.15) is 23.2 Å². The predicted octanol–water partition coefficient (Wildman–Crippen LogP) is 2.63. The van der Waals surface area contributed by atoms with Crippen molar-refractivity contribution >= 4 is 5.91 Å². The van der Waals surface area contributed by atoms with Crippen molar-refractivity contribution in [3.05, 3.63) is 48.3 Å². The van der Waals surface area contributed by atoms with Gasteiger partial charge in [-0.15, -0.1) is 6.58 Å². The molecule has 1 amide bonds. The van der Waals surface area contributed by atoms with Gasteiger partial charge in [-0.3, -0.25) is 4.79 Å². The van der Waals surface area contributed by atoms with Gasteiger partial charge >= 0.3 is 0 Å². The van der Waals surface area contributed by atoms with E-state index >= 15 is 0 Å². The summed E-state index contributed by atoms with van der Waals surface area (Å²) >= 11 is 0. The average molecular weight is 263 g/mol. The SMILES string of the molecule is C=CCO[C@@H]1CCCN(C(=O)c2cccc(F)c2)C1. The Hall–Kier alpha value is -1.68. The Morgan fingerprint density at radius 1 is 1.58 bits per heavy atom. The molecule has 2 rings (SSSR count). The molecule has 0 unspecified atom stereocenters. The molecular weight excluding hydrogens is 245 g/mol. The maximum absolute atomic E-state index is 13.1. The summed E-state index contributed by atoms with van der Waals surface area (Å²) in [4.78, 5) is 14.0. The Labute approximate surface area is 112 Å². The Morgan fingerprint density at radius 2 is 2.42 bits per heavy atom. The summed E-state index contributed by atoms with van der Waals surface area (Å²) in [6.45, 7) is 5.36. The second-order valence-electron chi connectivity index (χ2n) is 4.65. The Kier molecular flexibility index (Phi) is 4.68. The van der Waals surface area contributed by atoms with Gasteiger partial charge in [0.25, 0.3) is 5.91 Å². The number of carbonyl (C=O) groups excluding carboxylic acids is 1. The second kappa shape index (κ2) is 6.48.